The summed E-state index contributed by atoms with van der Waals surface area (Å²) < 4.78 is 0. The van der Waals surface area contributed by atoms with Crippen LogP contribution < -0.4 is 10.6 Å². The molecule has 4 rings (SSSR count). The van der Waals surface area contributed by atoms with Gasteiger partial charge >= 0.3 is 0 Å². The van der Waals surface area contributed by atoms with Gasteiger partial charge in [-0.25, -0.2) is 4.98 Å². The lowest BCUT2D eigenvalue weighted by Gasteiger charge is -2.12. The van der Waals surface area contributed by atoms with Crippen LogP contribution in [0.1, 0.15) is 28.4 Å². The van der Waals surface area contributed by atoms with Gasteiger partial charge in [0.15, 0.2) is 0 Å². The van der Waals surface area contributed by atoms with Crippen LogP contribution in [-0.2, 0) is 13.0 Å². The maximum Gasteiger partial charge on any atom is 0.129 e. The highest BCUT2D eigenvalue weighted by atomic mass is 15.1. The molecule has 3 N–H and O–H groups in total. The van der Waals surface area contributed by atoms with Crippen LogP contribution in [0.2, 0.25) is 0 Å². The van der Waals surface area contributed by atoms with Crippen molar-refractivity contribution in [3.63, 3.8) is 0 Å². The van der Waals surface area contributed by atoms with Gasteiger partial charge < -0.3 is 10.6 Å². The third-order valence-corrected chi connectivity index (χ3v) is 3.55. The highest BCUT2D eigenvalue weighted by molar-refractivity contribution is 5.51. The molecular weight excluding hydrogens is 214 g/mol. The van der Waals surface area contributed by atoms with E-state index in [9.17, 15) is 0 Å². The summed E-state index contributed by atoms with van der Waals surface area (Å²) in [5.74, 6) is 1.04. The van der Waals surface area contributed by atoms with Crippen LogP contribution in [0.4, 0.5) is 5.82 Å². The molecule has 0 radical (unpaired) electrons. The molecule has 1 atom stereocenters. The van der Waals surface area contributed by atoms with Gasteiger partial charge in [0.05, 0.1) is 17.9 Å². The molecule has 0 fully saturated rings. The molecule has 2 aromatic heterocycles. The van der Waals surface area contributed by atoms with E-state index in [1.165, 1.54) is 22.4 Å². The number of nitrogens with zero attached hydrogens (tertiary/aromatic N) is 2. The zero-order valence-electron chi connectivity index (χ0n) is 9.33. The molecule has 4 heterocycles. The van der Waals surface area contributed by atoms with Crippen molar-refractivity contribution in [3.8, 4) is 0 Å². The summed E-state index contributed by atoms with van der Waals surface area (Å²) in [6, 6.07) is 2.49. The number of aromatic nitrogens is 3. The lowest BCUT2D eigenvalue weighted by molar-refractivity contribution is 0.653. The van der Waals surface area contributed by atoms with Crippen molar-refractivity contribution in [2.45, 2.75) is 19.0 Å². The molecule has 86 valence electrons. The first-order chi connectivity index (χ1) is 8.42. The minimum atomic E-state index is 0.238. The van der Waals surface area contributed by atoms with Gasteiger partial charge in [-0.05, 0) is 23.6 Å². The summed E-state index contributed by atoms with van der Waals surface area (Å²) >= 11 is 0. The Morgan fingerprint density at radius 1 is 1.29 bits per heavy atom. The predicted octanol–water partition coefficient (Wildman–Crippen LogP) is 0.965. The van der Waals surface area contributed by atoms with Crippen LogP contribution >= 0.6 is 0 Å². The van der Waals surface area contributed by atoms with Gasteiger partial charge in [0, 0.05) is 24.8 Å². The van der Waals surface area contributed by atoms with Crippen LogP contribution in [0.15, 0.2) is 18.5 Å². The second kappa shape index (κ2) is 3.30. The van der Waals surface area contributed by atoms with Gasteiger partial charge in [-0.3, -0.25) is 5.10 Å². The Morgan fingerprint density at radius 2 is 2.29 bits per heavy atom. The van der Waals surface area contributed by atoms with Crippen molar-refractivity contribution in [1.29, 1.82) is 0 Å². The van der Waals surface area contributed by atoms with E-state index in [4.69, 9.17) is 0 Å². The molecule has 17 heavy (non-hydrogen) atoms. The second-order valence-corrected chi connectivity index (χ2v) is 4.57. The van der Waals surface area contributed by atoms with Gasteiger partial charge in [-0.1, -0.05) is 0 Å². The monoisotopic (exact) mass is 227 g/mol. The molecule has 0 saturated heterocycles. The smallest absolute Gasteiger partial charge is 0.129 e. The van der Waals surface area contributed by atoms with E-state index < -0.39 is 0 Å². The number of hydrogen-bond donors (Lipinski definition) is 3. The average molecular weight is 227 g/mol. The Balaban J connectivity index is 1.77. The summed E-state index contributed by atoms with van der Waals surface area (Å²) in [6.45, 7) is 1.86. The summed E-state index contributed by atoms with van der Waals surface area (Å²) in [5, 5.41) is 13.9. The van der Waals surface area contributed by atoms with E-state index in [-0.39, 0.29) is 6.04 Å². The molecule has 0 amide bonds. The van der Waals surface area contributed by atoms with Crippen LogP contribution in [0.25, 0.3) is 0 Å². The van der Waals surface area contributed by atoms with Crippen LogP contribution in [0, 0.1) is 0 Å². The van der Waals surface area contributed by atoms with Crippen molar-refractivity contribution >= 4 is 5.82 Å². The lowest BCUT2D eigenvalue weighted by Crippen LogP contribution is -2.14. The molecule has 5 heteroatoms. The SMILES string of the molecule is c1nc2c(cc1C1NCc3[nH]ncc31)CCN2. The first kappa shape index (κ1) is 9.18. The van der Waals surface area contributed by atoms with E-state index in [2.05, 4.69) is 31.9 Å². The molecule has 5 nitrogen and oxygen atoms in total. The molecule has 0 aliphatic carbocycles. The van der Waals surface area contributed by atoms with Gasteiger partial charge in [0.25, 0.3) is 0 Å². The van der Waals surface area contributed by atoms with Gasteiger partial charge in [0.1, 0.15) is 5.82 Å². The summed E-state index contributed by atoms with van der Waals surface area (Å²) in [7, 11) is 0. The second-order valence-electron chi connectivity index (χ2n) is 4.57. The predicted molar refractivity (Wildman–Crippen MR) is 63.7 cm³/mol. The Labute approximate surface area is 98.7 Å². The molecule has 0 spiro atoms. The number of H-pyrrole nitrogens is 1. The van der Waals surface area contributed by atoms with Gasteiger partial charge in [-0.2, -0.15) is 5.10 Å². The van der Waals surface area contributed by atoms with Crippen molar-refractivity contribution in [2.24, 2.45) is 0 Å². The number of rotatable bonds is 1. The molecular formula is C12H13N5. The normalized spacial score (nSPS) is 21.1. The first-order valence-corrected chi connectivity index (χ1v) is 5.90. The van der Waals surface area contributed by atoms with Gasteiger partial charge in [-0.15, -0.1) is 0 Å². The van der Waals surface area contributed by atoms with E-state index in [0.29, 0.717) is 0 Å². The topological polar surface area (TPSA) is 65.6 Å². The number of fused-ring (bicyclic) bond motifs is 2. The third kappa shape index (κ3) is 1.29. The fraction of sp³-hybridized carbons (Fsp3) is 0.333. The Kier molecular flexibility index (Phi) is 1.78. The lowest BCUT2D eigenvalue weighted by atomic mass is 10.0. The summed E-state index contributed by atoms with van der Waals surface area (Å²) in [4.78, 5) is 4.48. The van der Waals surface area contributed by atoms with Crippen LogP contribution in [0.3, 0.4) is 0 Å². The molecule has 0 bridgehead atoms. The van der Waals surface area contributed by atoms with E-state index in [1.807, 2.05) is 12.4 Å². The van der Waals surface area contributed by atoms with Crippen molar-refractivity contribution < 1.29 is 0 Å². The molecule has 0 saturated carbocycles. The molecule has 1 unspecified atom stereocenters. The van der Waals surface area contributed by atoms with Crippen molar-refractivity contribution in [3.05, 3.63) is 40.8 Å². The van der Waals surface area contributed by atoms with Crippen molar-refractivity contribution in [1.82, 2.24) is 20.5 Å². The van der Waals surface area contributed by atoms with Crippen LogP contribution in [-0.4, -0.2) is 21.7 Å². The number of hydrogen-bond acceptors (Lipinski definition) is 4. The van der Waals surface area contributed by atoms with E-state index >= 15 is 0 Å². The highest BCUT2D eigenvalue weighted by Crippen LogP contribution is 2.31. The standard InChI is InChI=1S/C12H13N5/c1-2-13-12-7(1)3-8(4-15-12)11-9-5-16-17-10(9)6-14-11/h3-5,11,14H,1-2,6H2,(H,13,15)(H,16,17). The summed E-state index contributed by atoms with van der Waals surface area (Å²) in [6.07, 6.45) is 4.93. The molecule has 2 aromatic rings. The van der Waals surface area contributed by atoms with Crippen LogP contribution in [0.5, 0.6) is 0 Å². The van der Waals surface area contributed by atoms with Crippen molar-refractivity contribution in [2.75, 3.05) is 11.9 Å². The molecule has 2 aliphatic heterocycles. The van der Waals surface area contributed by atoms with E-state index in [1.54, 1.807) is 0 Å². The molecule has 2 aliphatic rings. The number of aromatic amines is 1. The highest BCUT2D eigenvalue weighted by Gasteiger charge is 2.26. The maximum absolute atomic E-state index is 4.48. The molecule has 0 aromatic carbocycles. The Bertz CT molecular complexity index is 574. The maximum atomic E-state index is 4.48. The zero-order valence-corrected chi connectivity index (χ0v) is 9.33. The summed E-state index contributed by atoms with van der Waals surface area (Å²) in [5.41, 5.74) is 4.99. The third-order valence-electron chi connectivity index (χ3n) is 3.55. The largest absolute Gasteiger partial charge is 0.370 e. The number of nitrogens with one attached hydrogen (secondary N) is 3. The number of anilines is 1. The Morgan fingerprint density at radius 3 is 3.29 bits per heavy atom. The minimum Gasteiger partial charge on any atom is -0.370 e. The van der Waals surface area contributed by atoms with E-state index in [0.717, 1.165) is 25.3 Å². The quantitative estimate of drug-likeness (QED) is 0.679. The fourth-order valence-electron chi connectivity index (χ4n) is 2.68. The minimum absolute atomic E-state index is 0.238. The zero-order chi connectivity index (χ0) is 11.2. The fourth-order valence-corrected chi connectivity index (χ4v) is 2.68. The number of pyridine rings is 1. The Hall–Kier alpha value is -1.88. The first-order valence-electron chi connectivity index (χ1n) is 5.90. The van der Waals surface area contributed by atoms with Gasteiger partial charge in [0.2, 0.25) is 0 Å². The average Bonchev–Trinajstić information content (AvgIpc) is 3.03.